The third-order valence-electron chi connectivity index (χ3n) is 6.58. The fourth-order valence-corrected chi connectivity index (χ4v) is 4.45. The van der Waals surface area contributed by atoms with Gasteiger partial charge < -0.3 is 15.6 Å². The van der Waals surface area contributed by atoms with Gasteiger partial charge in [-0.25, -0.2) is 9.79 Å². The Labute approximate surface area is 273 Å². The highest BCUT2D eigenvalue weighted by atomic mass is 35.5. The molecule has 2 aromatic carbocycles. The number of aliphatic carboxylic acids is 1. The normalized spacial score (nSPS) is 13.7. The zero-order valence-electron chi connectivity index (χ0n) is 27.2. The van der Waals surface area contributed by atoms with Crippen molar-refractivity contribution in [3.05, 3.63) is 106 Å². The molecule has 0 saturated carbocycles. The van der Waals surface area contributed by atoms with Crippen LogP contribution in [-0.4, -0.2) is 35.2 Å². The Morgan fingerprint density at radius 2 is 1.59 bits per heavy atom. The highest BCUT2D eigenvalue weighted by Crippen LogP contribution is 2.39. The Hall–Kier alpha value is -4.05. The highest BCUT2D eigenvalue weighted by molar-refractivity contribution is 6.31. The van der Waals surface area contributed by atoms with Crippen molar-refractivity contribution in [3.63, 3.8) is 0 Å². The van der Waals surface area contributed by atoms with Crippen LogP contribution in [0.25, 0.3) is 11.6 Å². The van der Waals surface area contributed by atoms with Gasteiger partial charge in [-0.15, -0.1) is 0 Å². The fraction of sp³-hybridized carbons (Fsp3) is 0.343. The van der Waals surface area contributed by atoms with Crippen LogP contribution in [0, 0.1) is 6.92 Å². The standard InChI is InChI=1S/C28H29ClN2O3.C5H7F5.C2H6/c1-17(2)26(27(30)31-20(5)19(4)24-13-12-23(29)15-18(24)3)28(6,16-32)22-10-7-21(8-11-22)9-14-25(33)34;1-2-3-4(6,7)5(8,9)10;1-2/h7-16H,1,4,30H2,2-3,5-6H3,(H,33,34);2-3H2,1H3;1-2H3/b14-9+,27-26+,31-20+;;. The molecule has 0 radical (unpaired) electrons. The summed E-state index contributed by atoms with van der Waals surface area (Å²) < 4.78 is 57.4. The maximum absolute atomic E-state index is 12.4. The number of halogens is 6. The number of carboxylic acids is 1. The van der Waals surface area contributed by atoms with Gasteiger partial charge in [0.15, 0.2) is 0 Å². The van der Waals surface area contributed by atoms with Crippen LogP contribution in [0.4, 0.5) is 22.0 Å². The molecule has 0 fully saturated rings. The van der Waals surface area contributed by atoms with Gasteiger partial charge in [0.2, 0.25) is 0 Å². The number of hydrogen-bond donors (Lipinski definition) is 2. The number of carboxylic acid groups (broad SMARTS) is 1. The summed E-state index contributed by atoms with van der Waals surface area (Å²) in [5.41, 5.74) is 11.0. The van der Waals surface area contributed by atoms with E-state index in [-0.39, 0.29) is 12.2 Å². The number of nitrogens with zero attached hydrogens (tertiary/aromatic N) is 1. The Morgan fingerprint density at radius 1 is 1.04 bits per heavy atom. The average Bonchev–Trinajstić information content (AvgIpc) is 2.96. The molecule has 0 aromatic heterocycles. The third kappa shape index (κ3) is 11.7. The second kappa shape index (κ2) is 18.2. The van der Waals surface area contributed by atoms with Crippen LogP contribution in [0.1, 0.15) is 76.6 Å². The molecule has 252 valence electrons. The van der Waals surface area contributed by atoms with Gasteiger partial charge in [0.1, 0.15) is 12.1 Å². The van der Waals surface area contributed by atoms with E-state index < -0.39 is 29.9 Å². The number of rotatable bonds is 11. The van der Waals surface area contributed by atoms with Crippen molar-refractivity contribution >= 4 is 41.2 Å². The third-order valence-corrected chi connectivity index (χ3v) is 6.82. The minimum atomic E-state index is -5.39. The number of aryl methyl sites for hydroxylation is 1. The molecule has 0 bridgehead atoms. The molecule has 5 nitrogen and oxygen atoms in total. The van der Waals surface area contributed by atoms with Crippen LogP contribution in [0.5, 0.6) is 0 Å². The van der Waals surface area contributed by atoms with Crippen molar-refractivity contribution in [3.8, 4) is 0 Å². The largest absolute Gasteiger partial charge is 0.478 e. The number of hydrogen-bond acceptors (Lipinski definition) is 4. The minimum Gasteiger partial charge on any atom is -0.478 e. The molecular formula is C35H42ClF5N2O3. The number of alkyl halides is 5. The smallest absolute Gasteiger partial charge is 0.453 e. The van der Waals surface area contributed by atoms with Gasteiger partial charge in [-0.3, -0.25) is 0 Å². The first-order valence-electron chi connectivity index (χ1n) is 14.3. The molecule has 0 heterocycles. The SMILES string of the molecule is C=C(C)/C(=C(N)\N=C(/C)C(=C)c1ccc(Cl)cc1C)C(C)(C=O)c1ccc(/C=C/C(=O)O)cc1.CC.CCCC(F)(F)C(F)(F)F. The molecule has 0 spiro atoms. The maximum Gasteiger partial charge on any atom is 0.453 e. The molecule has 1 unspecified atom stereocenters. The number of aldehydes is 1. The van der Waals surface area contributed by atoms with Crippen LogP contribution in [0.15, 0.2) is 83.7 Å². The zero-order chi connectivity index (χ0) is 36.0. The zero-order valence-corrected chi connectivity index (χ0v) is 27.9. The molecule has 46 heavy (non-hydrogen) atoms. The monoisotopic (exact) mass is 668 g/mol. The average molecular weight is 669 g/mol. The van der Waals surface area contributed by atoms with E-state index in [1.807, 2.05) is 32.9 Å². The summed E-state index contributed by atoms with van der Waals surface area (Å²) in [5, 5.41) is 9.45. The summed E-state index contributed by atoms with van der Waals surface area (Å²) >= 11 is 6.07. The molecule has 3 N–H and O–H groups in total. The molecule has 0 amide bonds. The number of allylic oxidation sites excluding steroid dienone is 3. The summed E-state index contributed by atoms with van der Waals surface area (Å²) in [6.45, 7) is 20.7. The Bertz CT molecular complexity index is 1480. The van der Waals surface area contributed by atoms with E-state index in [2.05, 4.69) is 18.2 Å². The number of benzene rings is 2. The number of carbonyl (C=O) groups excluding carboxylic acids is 1. The predicted molar refractivity (Wildman–Crippen MR) is 178 cm³/mol. The van der Waals surface area contributed by atoms with Crippen molar-refractivity contribution in [2.24, 2.45) is 10.7 Å². The van der Waals surface area contributed by atoms with Gasteiger partial charge in [-0.05, 0) is 73.7 Å². The van der Waals surface area contributed by atoms with Gasteiger partial charge in [-0.1, -0.05) is 87.9 Å². The van der Waals surface area contributed by atoms with Crippen molar-refractivity contribution in [1.82, 2.24) is 0 Å². The van der Waals surface area contributed by atoms with E-state index in [0.29, 0.717) is 38.6 Å². The molecule has 2 aromatic rings. The molecule has 0 aliphatic heterocycles. The Balaban J connectivity index is 0.00000144. The van der Waals surface area contributed by atoms with E-state index in [0.717, 1.165) is 23.5 Å². The lowest BCUT2D eigenvalue weighted by Crippen LogP contribution is -2.35. The summed E-state index contributed by atoms with van der Waals surface area (Å²) in [5.74, 6) is -5.38. The van der Waals surface area contributed by atoms with Gasteiger partial charge in [-0.2, -0.15) is 22.0 Å². The fourth-order valence-electron chi connectivity index (χ4n) is 4.23. The lowest BCUT2D eigenvalue weighted by atomic mass is 9.74. The van der Waals surface area contributed by atoms with Gasteiger partial charge in [0, 0.05) is 28.8 Å². The van der Waals surface area contributed by atoms with Gasteiger partial charge >= 0.3 is 18.1 Å². The predicted octanol–water partition coefficient (Wildman–Crippen LogP) is 10.1. The molecular weight excluding hydrogens is 627 g/mol. The number of carbonyl (C=O) groups is 2. The highest BCUT2D eigenvalue weighted by Gasteiger charge is 2.56. The van der Waals surface area contributed by atoms with Crippen LogP contribution < -0.4 is 5.73 Å². The maximum atomic E-state index is 12.4. The lowest BCUT2D eigenvalue weighted by Gasteiger charge is -2.28. The van der Waals surface area contributed by atoms with Crippen molar-refractivity contribution < 1.29 is 36.6 Å². The second-order valence-corrected chi connectivity index (χ2v) is 10.7. The van der Waals surface area contributed by atoms with Crippen molar-refractivity contribution in [1.29, 1.82) is 0 Å². The first kappa shape index (κ1) is 42.0. The Morgan fingerprint density at radius 3 is 1.98 bits per heavy atom. The summed E-state index contributed by atoms with van der Waals surface area (Å²) in [6, 6.07) is 12.5. The van der Waals surface area contributed by atoms with Crippen molar-refractivity contribution in [2.45, 2.75) is 78.8 Å². The summed E-state index contributed by atoms with van der Waals surface area (Å²) in [7, 11) is 0. The van der Waals surface area contributed by atoms with E-state index in [1.54, 1.807) is 51.1 Å². The van der Waals surface area contributed by atoms with Gasteiger partial charge in [0.25, 0.3) is 0 Å². The van der Waals surface area contributed by atoms with Crippen LogP contribution in [0.2, 0.25) is 5.02 Å². The first-order chi connectivity index (χ1) is 21.2. The van der Waals surface area contributed by atoms with Crippen LogP contribution in [-0.2, 0) is 15.0 Å². The van der Waals surface area contributed by atoms with Crippen LogP contribution in [0.3, 0.4) is 0 Å². The second-order valence-electron chi connectivity index (χ2n) is 10.2. The molecule has 0 aliphatic carbocycles. The molecule has 0 aliphatic rings. The number of aliphatic imine (C=N–C) groups is 1. The summed E-state index contributed by atoms with van der Waals surface area (Å²) in [6.07, 6.45) is -3.34. The molecule has 0 saturated heterocycles. The topological polar surface area (TPSA) is 92.8 Å². The Kier molecular flexibility index (Phi) is 16.6. The summed E-state index contributed by atoms with van der Waals surface area (Å²) in [4.78, 5) is 27.7. The molecule has 11 heteroatoms. The number of nitrogens with two attached hydrogens (primary N) is 1. The lowest BCUT2D eigenvalue weighted by molar-refractivity contribution is -0.284. The van der Waals surface area contributed by atoms with E-state index in [9.17, 15) is 31.5 Å². The van der Waals surface area contributed by atoms with E-state index in [4.69, 9.17) is 22.4 Å². The molecule has 1 atom stereocenters. The minimum absolute atomic E-state index is 0.169. The first-order valence-corrected chi connectivity index (χ1v) is 14.7. The van der Waals surface area contributed by atoms with Gasteiger partial charge in [0.05, 0.1) is 5.41 Å². The molecule has 2 rings (SSSR count). The van der Waals surface area contributed by atoms with E-state index in [1.165, 1.54) is 13.0 Å². The van der Waals surface area contributed by atoms with E-state index >= 15 is 0 Å². The van der Waals surface area contributed by atoms with Crippen molar-refractivity contribution in [2.75, 3.05) is 0 Å². The van der Waals surface area contributed by atoms with Crippen LogP contribution >= 0.6 is 11.6 Å². The quantitative estimate of drug-likeness (QED) is 0.0819.